The van der Waals surface area contributed by atoms with E-state index in [1.807, 2.05) is 20.8 Å². The maximum absolute atomic E-state index is 12.5. The molecule has 140 valence electrons. The van der Waals surface area contributed by atoms with E-state index in [1.54, 1.807) is 24.3 Å². The quantitative estimate of drug-likeness (QED) is 0.656. The van der Waals surface area contributed by atoms with Gasteiger partial charge in [0.1, 0.15) is 17.4 Å². The molecule has 6 nitrogen and oxygen atoms in total. The molecule has 2 aromatic rings. The van der Waals surface area contributed by atoms with E-state index in [0.29, 0.717) is 48.1 Å². The van der Waals surface area contributed by atoms with E-state index in [9.17, 15) is 9.59 Å². The molecule has 1 heterocycles. The Balaban J connectivity index is 2.07. The predicted octanol–water partition coefficient (Wildman–Crippen LogP) is 3.39. The SMILES string of the molecule is CCOCCOc1ccc(C(=O)Nc2sc(C)c(CC)c2C(N)=O)cc1. The molecule has 0 spiro atoms. The van der Waals surface area contributed by atoms with Gasteiger partial charge in [-0.15, -0.1) is 11.3 Å². The average Bonchev–Trinajstić information content (AvgIpc) is 2.94. The van der Waals surface area contributed by atoms with Crippen molar-refractivity contribution >= 4 is 28.2 Å². The highest BCUT2D eigenvalue weighted by Gasteiger charge is 2.20. The first-order valence-electron chi connectivity index (χ1n) is 8.51. The highest BCUT2D eigenvalue weighted by molar-refractivity contribution is 7.16. The molecule has 0 aliphatic carbocycles. The molecule has 7 heteroatoms. The predicted molar refractivity (Wildman–Crippen MR) is 103 cm³/mol. The molecule has 0 aliphatic heterocycles. The van der Waals surface area contributed by atoms with E-state index in [0.717, 1.165) is 10.4 Å². The molecule has 0 radical (unpaired) electrons. The standard InChI is InChI=1S/C19H24N2O4S/c1-4-15-12(3)26-19(16(15)17(20)22)21-18(23)13-6-8-14(9-7-13)25-11-10-24-5-2/h6-9H,4-5,10-11H2,1-3H3,(H2,20,22)(H,21,23). The zero-order chi connectivity index (χ0) is 19.1. The molecule has 0 atom stereocenters. The molecule has 0 saturated heterocycles. The van der Waals surface area contributed by atoms with Crippen LogP contribution in [0.3, 0.4) is 0 Å². The summed E-state index contributed by atoms with van der Waals surface area (Å²) in [7, 11) is 0. The summed E-state index contributed by atoms with van der Waals surface area (Å²) in [6.45, 7) is 7.42. The minimum absolute atomic E-state index is 0.294. The summed E-state index contributed by atoms with van der Waals surface area (Å²) in [5, 5.41) is 3.30. The molecule has 1 aromatic carbocycles. The van der Waals surface area contributed by atoms with Gasteiger partial charge in [-0.3, -0.25) is 9.59 Å². The number of rotatable bonds is 9. The molecule has 0 fully saturated rings. The molecule has 0 saturated carbocycles. The van der Waals surface area contributed by atoms with Crippen LogP contribution in [-0.2, 0) is 11.2 Å². The van der Waals surface area contributed by atoms with E-state index in [4.69, 9.17) is 15.2 Å². The Morgan fingerprint density at radius 3 is 2.42 bits per heavy atom. The smallest absolute Gasteiger partial charge is 0.256 e. The van der Waals surface area contributed by atoms with Crippen molar-refractivity contribution in [3.8, 4) is 5.75 Å². The van der Waals surface area contributed by atoms with E-state index >= 15 is 0 Å². The number of amides is 2. The summed E-state index contributed by atoms with van der Waals surface area (Å²) in [6.07, 6.45) is 0.685. The second kappa shape index (κ2) is 9.35. The van der Waals surface area contributed by atoms with E-state index < -0.39 is 5.91 Å². The number of aryl methyl sites for hydroxylation is 1. The molecule has 0 aliphatic rings. The summed E-state index contributed by atoms with van der Waals surface area (Å²) in [4.78, 5) is 25.2. The molecule has 3 N–H and O–H groups in total. The minimum Gasteiger partial charge on any atom is -0.491 e. The van der Waals surface area contributed by atoms with Gasteiger partial charge in [-0.1, -0.05) is 6.92 Å². The van der Waals surface area contributed by atoms with Gasteiger partial charge >= 0.3 is 0 Å². The normalized spacial score (nSPS) is 10.6. The maximum Gasteiger partial charge on any atom is 0.256 e. The number of carbonyl (C=O) groups excluding carboxylic acids is 2. The largest absolute Gasteiger partial charge is 0.491 e. The number of hydrogen-bond acceptors (Lipinski definition) is 5. The van der Waals surface area contributed by atoms with Crippen molar-refractivity contribution < 1.29 is 19.1 Å². The number of ether oxygens (including phenoxy) is 2. The summed E-state index contributed by atoms with van der Waals surface area (Å²) >= 11 is 1.36. The van der Waals surface area contributed by atoms with Crippen molar-refractivity contribution in [1.29, 1.82) is 0 Å². The third kappa shape index (κ3) is 4.83. The van der Waals surface area contributed by atoms with Crippen molar-refractivity contribution in [2.75, 3.05) is 25.1 Å². The Labute approximate surface area is 157 Å². The number of thiophene rings is 1. The van der Waals surface area contributed by atoms with Gasteiger partial charge in [-0.05, 0) is 50.1 Å². The van der Waals surface area contributed by atoms with E-state index in [2.05, 4.69) is 5.32 Å². The summed E-state index contributed by atoms with van der Waals surface area (Å²) in [5.74, 6) is -0.156. The lowest BCUT2D eigenvalue weighted by atomic mass is 10.1. The van der Waals surface area contributed by atoms with Gasteiger partial charge < -0.3 is 20.5 Å². The highest BCUT2D eigenvalue weighted by Crippen LogP contribution is 2.33. The third-order valence-corrected chi connectivity index (χ3v) is 4.92. The molecule has 0 bridgehead atoms. The lowest BCUT2D eigenvalue weighted by Crippen LogP contribution is -2.18. The Kier molecular flexibility index (Phi) is 7.17. The van der Waals surface area contributed by atoms with Crippen LogP contribution >= 0.6 is 11.3 Å². The van der Waals surface area contributed by atoms with Gasteiger partial charge in [0, 0.05) is 17.0 Å². The van der Waals surface area contributed by atoms with Crippen LogP contribution in [0.5, 0.6) is 5.75 Å². The van der Waals surface area contributed by atoms with Gasteiger partial charge in [0.15, 0.2) is 0 Å². The molecule has 0 unspecified atom stereocenters. The van der Waals surface area contributed by atoms with E-state index in [-0.39, 0.29) is 5.91 Å². The van der Waals surface area contributed by atoms with Crippen molar-refractivity contribution in [2.45, 2.75) is 27.2 Å². The summed E-state index contributed by atoms with van der Waals surface area (Å²) in [5.41, 5.74) is 7.26. The first kappa shape index (κ1) is 19.9. The van der Waals surface area contributed by atoms with Crippen LogP contribution in [0.15, 0.2) is 24.3 Å². The number of nitrogens with one attached hydrogen (secondary N) is 1. The Morgan fingerprint density at radius 1 is 1.15 bits per heavy atom. The molecule has 2 amide bonds. The first-order valence-corrected chi connectivity index (χ1v) is 9.33. The zero-order valence-corrected chi connectivity index (χ0v) is 16.1. The number of primary amides is 1. The maximum atomic E-state index is 12.5. The second-order valence-electron chi connectivity index (χ2n) is 5.58. The van der Waals surface area contributed by atoms with Gasteiger partial charge in [-0.25, -0.2) is 0 Å². The zero-order valence-electron chi connectivity index (χ0n) is 15.3. The monoisotopic (exact) mass is 376 g/mol. The second-order valence-corrected chi connectivity index (χ2v) is 6.81. The number of nitrogens with two attached hydrogens (primary N) is 1. The lowest BCUT2D eigenvalue weighted by molar-refractivity contribution is 0.100. The number of carbonyl (C=O) groups is 2. The number of benzene rings is 1. The van der Waals surface area contributed by atoms with Crippen LogP contribution in [0.2, 0.25) is 0 Å². The van der Waals surface area contributed by atoms with Gasteiger partial charge in [-0.2, -0.15) is 0 Å². The van der Waals surface area contributed by atoms with Crippen molar-refractivity contribution in [3.63, 3.8) is 0 Å². The molecular formula is C19H24N2O4S. The lowest BCUT2D eigenvalue weighted by Gasteiger charge is -2.08. The fourth-order valence-corrected chi connectivity index (χ4v) is 3.74. The third-order valence-electron chi connectivity index (χ3n) is 3.85. The Bertz CT molecular complexity index is 769. The Morgan fingerprint density at radius 2 is 1.85 bits per heavy atom. The van der Waals surface area contributed by atoms with Crippen LogP contribution < -0.4 is 15.8 Å². The van der Waals surface area contributed by atoms with Crippen LogP contribution in [0, 0.1) is 6.92 Å². The van der Waals surface area contributed by atoms with Crippen molar-refractivity contribution in [1.82, 2.24) is 0 Å². The van der Waals surface area contributed by atoms with E-state index in [1.165, 1.54) is 11.3 Å². The van der Waals surface area contributed by atoms with Gasteiger partial charge in [0.2, 0.25) is 0 Å². The first-order chi connectivity index (χ1) is 12.5. The fourth-order valence-electron chi connectivity index (χ4n) is 2.59. The number of hydrogen-bond donors (Lipinski definition) is 2. The summed E-state index contributed by atoms with van der Waals surface area (Å²) < 4.78 is 10.7. The van der Waals surface area contributed by atoms with Crippen LogP contribution in [-0.4, -0.2) is 31.6 Å². The average molecular weight is 376 g/mol. The molecular weight excluding hydrogens is 352 g/mol. The Hall–Kier alpha value is -2.38. The summed E-state index contributed by atoms with van der Waals surface area (Å²) in [6, 6.07) is 6.81. The van der Waals surface area contributed by atoms with Gasteiger partial charge in [0.05, 0.1) is 12.2 Å². The highest BCUT2D eigenvalue weighted by atomic mass is 32.1. The van der Waals surface area contributed by atoms with Crippen molar-refractivity contribution in [3.05, 3.63) is 45.8 Å². The van der Waals surface area contributed by atoms with Crippen LogP contribution in [0.1, 0.15) is 45.0 Å². The fraction of sp³-hybridized carbons (Fsp3) is 0.368. The molecule has 2 rings (SSSR count). The van der Waals surface area contributed by atoms with Gasteiger partial charge in [0.25, 0.3) is 11.8 Å². The van der Waals surface area contributed by atoms with Crippen LogP contribution in [0.4, 0.5) is 5.00 Å². The molecule has 1 aromatic heterocycles. The topological polar surface area (TPSA) is 90.7 Å². The van der Waals surface area contributed by atoms with Crippen LogP contribution in [0.25, 0.3) is 0 Å². The molecule has 26 heavy (non-hydrogen) atoms. The minimum atomic E-state index is -0.528. The number of anilines is 1. The van der Waals surface area contributed by atoms with Crippen molar-refractivity contribution in [2.24, 2.45) is 5.73 Å².